The SMILES string of the molecule is COc1ccc2ncc(=O)n(CCN3CCC(N(CC#Cc4ccccc4)CC#Cc4ccccc4)CC3)c2c1.Cl. The number of hydrogen-bond acceptors (Lipinski definition) is 5. The second kappa shape index (κ2) is 15.1. The molecule has 210 valence electrons. The van der Waals surface area contributed by atoms with Crippen LogP contribution in [-0.2, 0) is 6.54 Å². The van der Waals surface area contributed by atoms with Crippen molar-refractivity contribution in [3.8, 4) is 29.4 Å². The van der Waals surface area contributed by atoms with Gasteiger partial charge in [0.25, 0.3) is 5.56 Å². The van der Waals surface area contributed by atoms with Crippen LogP contribution in [-0.4, -0.2) is 65.2 Å². The molecule has 4 aromatic rings. The average Bonchev–Trinajstić information content (AvgIpc) is 3.01. The fourth-order valence-electron chi connectivity index (χ4n) is 5.09. The number of aromatic nitrogens is 2. The second-order valence-electron chi connectivity index (χ2n) is 9.92. The summed E-state index contributed by atoms with van der Waals surface area (Å²) in [6.45, 7) is 4.74. The number of benzene rings is 3. The van der Waals surface area contributed by atoms with Crippen LogP contribution in [0.25, 0.3) is 11.0 Å². The van der Waals surface area contributed by atoms with Gasteiger partial charge in [0.2, 0.25) is 0 Å². The van der Waals surface area contributed by atoms with Crippen molar-refractivity contribution < 1.29 is 4.74 Å². The molecule has 0 radical (unpaired) electrons. The van der Waals surface area contributed by atoms with E-state index in [2.05, 4.69) is 38.5 Å². The summed E-state index contributed by atoms with van der Waals surface area (Å²) in [6.07, 6.45) is 3.49. The summed E-state index contributed by atoms with van der Waals surface area (Å²) in [7, 11) is 1.63. The Hall–Kier alpha value is -4.07. The molecule has 0 amide bonds. The van der Waals surface area contributed by atoms with Crippen LogP contribution in [0.3, 0.4) is 0 Å². The summed E-state index contributed by atoms with van der Waals surface area (Å²) in [4.78, 5) is 21.8. The Morgan fingerprint density at radius 3 is 2.07 bits per heavy atom. The van der Waals surface area contributed by atoms with E-state index >= 15 is 0 Å². The number of halogens is 1. The highest BCUT2D eigenvalue weighted by Crippen LogP contribution is 2.19. The molecule has 0 unspecified atom stereocenters. The van der Waals surface area contributed by atoms with E-state index in [0.29, 0.717) is 25.7 Å². The zero-order valence-electron chi connectivity index (χ0n) is 23.3. The van der Waals surface area contributed by atoms with E-state index in [1.165, 1.54) is 6.20 Å². The molecule has 5 rings (SSSR count). The van der Waals surface area contributed by atoms with E-state index in [1.54, 1.807) is 7.11 Å². The Morgan fingerprint density at radius 1 is 0.878 bits per heavy atom. The van der Waals surface area contributed by atoms with Crippen molar-refractivity contribution in [1.82, 2.24) is 19.4 Å². The van der Waals surface area contributed by atoms with Gasteiger partial charge in [0, 0.05) is 36.3 Å². The van der Waals surface area contributed by atoms with Gasteiger partial charge in [-0.15, -0.1) is 12.4 Å². The number of fused-ring (bicyclic) bond motifs is 1. The van der Waals surface area contributed by atoms with Crippen LogP contribution < -0.4 is 10.3 Å². The van der Waals surface area contributed by atoms with Crippen LogP contribution in [0.15, 0.2) is 89.9 Å². The Bertz CT molecular complexity index is 1530. The van der Waals surface area contributed by atoms with Crippen molar-refractivity contribution in [2.75, 3.05) is 39.8 Å². The lowest BCUT2D eigenvalue weighted by Gasteiger charge is -2.37. The second-order valence-corrected chi connectivity index (χ2v) is 9.92. The van der Waals surface area contributed by atoms with Crippen molar-refractivity contribution in [2.45, 2.75) is 25.4 Å². The topological polar surface area (TPSA) is 50.6 Å². The molecule has 0 saturated carbocycles. The van der Waals surface area contributed by atoms with Crippen LogP contribution in [0, 0.1) is 23.7 Å². The monoisotopic (exact) mass is 566 g/mol. The van der Waals surface area contributed by atoms with Gasteiger partial charge in [-0.25, -0.2) is 4.98 Å². The Balaban J connectivity index is 0.00000387. The molecule has 1 saturated heterocycles. The van der Waals surface area contributed by atoms with Crippen LogP contribution in [0.5, 0.6) is 5.75 Å². The molecule has 6 nitrogen and oxygen atoms in total. The molecule has 0 spiro atoms. The van der Waals surface area contributed by atoms with E-state index in [1.807, 2.05) is 83.4 Å². The lowest BCUT2D eigenvalue weighted by atomic mass is 10.0. The maximum Gasteiger partial charge on any atom is 0.269 e. The molecule has 1 fully saturated rings. The van der Waals surface area contributed by atoms with Gasteiger partial charge in [-0.05, 0) is 62.3 Å². The van der Waals surface area contributed by atoms with Gasteiger partial charge in [0.1, 0.15) is 5.75 Å². The van der Waals surface area contributed by atoms with Gasteiger partial charge in [0.15, 0.2) is 0 Å². The van der Waals surface area contributed by atoms with Gasteiger partial charge in [0.05, 0.1) is 37.4 Å². The van der Waals surface area contributed by atoms with Crippen molar-refractivity contribution in [3.05, 3.63) is 107 Å². The minimum atomic E-state index is -0.0872. The maximum atomic E-state index is 12.7. The minimum absolute atomic E-state index is 0. The van der Waals surface area contributed by atoms with Gasteiger partial charge in [-0.3, -0.25) is 9.69 Å². The number of methoxy groups -OCH3 is 1. The van der Waals surface area contributed by atoms with Crippen molar-refractivity contribution in [3.63, 3.8) is 0 Å². The summed E-state index contributed by atoms with van der Waals surface area (Å²) in [5.74, 6) is 14.1. The maximum absolute atomic E-state index is 12.7. The first-order valence-electron chi connectivity index (χ1n) is 13.8. The quantitative estimate of drug-likeness (QED) is 0.304. The predicted molar refractivity (Wildman–Crippen MR) is 167 cm³/mol. The molecule has 1 aliphatic heterocycles. The Labute approximate surface area is 248 Å². The van der Waals surface area contributed by atoms with Gasteiger partial charge < -0.3 is 14.2 Å². The fraction of sp³-hybridized carbons (Fsp3) is 0.294. The number of hydrogen-bond donors (Lipinski definition) is 0. The molecule has 3 aromatic carbocycles. The normalized spacial score (nSPS) is 13.5. The molecule has 1 aliphatic rings. The highest BCUT2D eigenvalue weighted by Gasteiger charge is 2.24. The van der Waals surface area contributed by atoms with Crippen LogP contribution in [0.1, 0.15) is 24.0 Å². The zero-order valence-corrected chi connectivity index (χ0v) is 24.1. The van der Waals surface area contributed by atoms with Crippen molar-refractivity contribution in [2.24, 2.45) is 0 Å². The van der Waals surface area contributed by atoms with Crippen molar-refractivity contribution in [1.29, 1.82) is 0 Å². The number of piperidine rings is 1. The minimum Gasteiger partial charge on any atom is -0.497 e. The van der Waals surface area contributed by atoms with E-state index < -0.39 is 0 Å². The fourth-order valence-corrected chi connectivity index (χ4v) is 5.09. The van der Waals surface area contributed by atoms with Crippen LogP contribution in [0.4, 0.5) is 0 Å². The molecular weight excluding hydrogens is 532 g/mol. The number of ether oxygens (including phenoxy) is 1. The first-order chi connectivity index (χ1) is 19.7. The lowest BCUT2D eigenvalue weighted by molar-refractivity contribution is 0.126. The predicted octanol–water partition coefficient (Wildman–Crippen LogP) is 4.70. The van der Waals surface area contributed by atoms with Crippen LogP contribution >= 0.6 is 12.4 Å². The molecule has 7 heteroatoms. The van der Waals surface area contributed by atoms with Gasteiger partial charge in [-0.2, -0.15) is 0 Å². The van der Waals surface area contributed by atoms with E-state index in [-0.39, 0.29) is 18.0 Å². The first-order valence-corrected chi connectivity index (χ1v) is 13.8. The third-order valence-electron chi connectivity index (χ3n) is 7.34. The lowest BCUT2D eigenvalue weighted by Crippen LogP contribution is -2.46. The Morgan fingerprint density at radius 2 is 1.49 bits per heavy atom. The third kappa shape index (κ3) is 8.22. The molecule has 0 aliphatic carbocycles. The van der Waals surface area contributed by atoms with E-state index in [0.717, 1.165) is 60.4 Å². The average molecular weight is 567 g/mol. The summed E-state index contributed by atoms with van der Waals surface area (Å²) in [6, 6.07) is 26.3. The van der Waals surface area contributed by atoms with Gasteiger partial charge >= 0.3 is 0 Å². The molecule has 2 heterocycles. The molecule has 0 bridgehead atoms. The summed E-state index contributed by atoms with van der Waals surface area (Å²) >= 11 is 0. The number of rotatable bonds is 7. The first kappa shape index (κ1) is 29.9. The van der Waals surface area contributed by atoms with Gasteiger partial charge in [-0.1, -0.05) is 60.1 Å². The molecule has 41 heavy (non-hydrogen) atoms. The smallest absolute Gasteiger partial charge is 0.269 e. The van der Waals surface area contributed by atoms with Crippen LogP contribution in [0.2, 0.25) is 0 Å². The highest BCUT2D eigenvalue weighted by molar-refractivity contribution is 5.85. The Kier molecular flexibility index (Phi) is 11.0. The number of nitrogens with zero attached hydrogens (tertiary/aromatic N) is 4. The standard InChI is InChI=1S/C34H34N4O2.ClH/c1-40-31-16-17-32-33(26-31)38(34(39)27-35-32)25-24-36-22-18-30(19-23-36)37(20-8-14-28-10-4-2-5-11-28)21-9-15-29-12-6-3-7-13-29;/h2-7,10-13,16-17,26-27,30H,18-25H2,1H3;1H. The zero-order chi connectivity index (χ0) is 27.6. The van der Waals surface area contributed by atoms with E-state index in [4.69, 9.17) is 4.74 Å². The summed E-state index contributed by atoms with van der Waals surface area (Å²) in [5.41, 5.74) is 3.58. The molecule has 1 aromatic heterocycles. The summed E-state index contributed by atoms with van der Waals surface area (Å²) < 4.78 is 7.18. The molecule has 0 N–H and O–H groups in total. The summed E-state index contributed by atoms with van der Waals surface area (Å²) in [5, 5.41) is 0. The highest BCUT2D eigenvalue weighted by atomic mass is 35.5. The molecular formula is C34H35ClN4O2. The molecule has 0 atom stereocenters. The number of likely N-dealkylation sites (tertiary alicyclic amines) is 1. The largest absolute Gasteiger partial charge is 0.497 e. The van der Waals surface area contributed by atoms with Crippen molar-refractivity contribution >= 4 is 23.4 Å². The third-order valence-corrected chi connectivity index (χ3v) is 7.34. The van der Waals surface area contributed by atoms with E-state index in [9.17, 15) is 4.79 Å².